The van der Waals surface area contributed by atoms with Gasteiger partial charge in [0.1, 0.15) is 16.7 Å². The van der Waals surface area contributed by atoms with Crippen molar-refractivity contribution >= 4 is 33.1 Å². The first-order valence-electron chi connectivity index (χ1n) is 10.2. The maximum Gasteiger partial charge on any atom is 0.146 e. The molecule has 0 saturated heterocycles. The van der Waals surface area contributed by atoms with Gasteiger partial charge in [0.25, 0.3) is 0 Å². The zero-order valence-corrected chi connectivity index (χ0v) is 17.5. The van der Waals surface area contributed by atoms with Crippen LogP contribution in [0.2, 0.25) is 5.02 Å². The van der Waals surface area contributed by atoms with Crippen LogP contribution in [0.3, 0.4) is 0 Å². The first-order valence-corrected chi connectivity index (χ1v) is 10.5. The molecule has 150 valence electrons. The van der Waals surface area contributed by atoms with Crippen molar-refractivity contribution in [2.24, 2.45) is 0 Å². The van der Waals surface area contributed by atoms with Gasteiger partial charge in [-0.3, -0.25) is 0 Å². The Bertz CT molecular complexity index is 1270. The lowest BCUT2D eigenvalue weighted by molar-refractivity contribution is 0.583. The fourth-order valence-electron chi connectivity index (χ4n) is 3.71. The first kappa shape index (κ1) is 20.4. The monoisotopic (exact) mass is 418 g/mol. The fraction of sp³-hybridized carbons (Fsp3) is 0.185. The lowest BCUT2D eigenvalue weighted by atomic mass is 9.97. The molecule has 0 saturated carbocycles. The number of unbranched alkanes of at least 4 members (excludes halogenated alkanes) is 2. The minimum absolute atomic E-state index is 0.253. The Morgan fingerprint density at radius 1 is 0.733 bits per heavy atom. The average Bonchev–Trinajstić information content (AvgIpc) is 2.75. The van der Waals surface area contributed by atoms with E-state index in [2.05, 4.69) is 55.2 Å². The van der Waals surface area contributed by atoms with Crippen LogP contribution < -0.4 is 0 Å². The number of hydrogen-bond acceptors (Lipinski definition) is 0. The van der Waals surface area contributed by atoms with E-state index in [1.807, 2.05) is 12.1 Å². The van der Waals surface area contributed by atoms with Gasteiger partial charge in [0.2, 0.25) is 0 Å². The van der Waals surface area contributed by atoms with Crippen LogP contribution in [-0.4, -0.2) is 0 Å². The second-order valence-corrected chi connectivity index (χ2v) is 7.90. The van der Waals surface area contributed by atoms with Gasteiger partial charge in [0.05, 0.1) is 0 Å². The molecule has 4 aromatic carbocycles. The third kappa shape index (κ3) is 4.32. The highest BCUT2D eigenvalue weighted by molar-refractivity contribution is 6.30. The molecule has 0 radical (unpaired) electrons. The van der Waals surface area contributed by atoms with Gasteiger partial charge in [0.15, 0.2) is 0 Å². The minimum atomic E-state index is -0.806. The average molecular weight is 419 g/mol. The smallest absolute Gasteiger partial charge is 0.146 e. The Morgan fingerprint density at radius 2 is 1.37 bits per heavy atom. The number of halogens is 3. The van der Waals surface area contributed by atoms with E-state index < -0.39 is 16.7 Å². The van der Waals surface area contributed by atoms with Crippen LogP contribution in [0.25, 0.3) is 21.5 Å². The molecule has 0 aliphatic rings. The second kappa shape index (κ2) is 8.86. The largest absolute Gasteiger partial charge is 0.205 e. The van der Waals surface area contributed by atoms with E-state index in [4.69, 9.17) is 11.6 Å². The van der Waals surface area contributed by atoms with Crippen LogP contribution >= 0.6 is 11.6 Å². The van der Waals surface area contributed by atoms with Crippen molar-refractivity contribution in [3.8, 4) is 11.8 Å². The predicted octanol–water partition coefficient (Wildman–Crippen LogP) is 8.06. The van der Waals surface area contributed by atoms with Gasteiger partial charge in [-0.25, -0.2) is 8.78 Å². The van der Waals surface area contributed by atoms with E-state index >= 15 is 0 Å². The van der Waals surface area contributed by atoms with E-state index in [1.165, 1.54) is 41.0 Å². The predicted molar refractivity (Wildman–Crippen MR) is 122 cm³/mol. The highest BCUT2D eigenvalue weighted by atomic mass is 35.5. The maximum atomic E-state index is 13.6. The van der Waals surface area contributed by atoms with Crippen molar-refractivity contribution in [2.45, 2.75) is 32.6 Å². The normalized spacial score (nSPS) is 10.9. The molecule has 3 heteroatoms. The topological polar surface area (TPSA) is 0 Å². The highest BCUT2D eigenvalue weighted by Crippen LogP contribution is 2.27. The van der Waals surface area contributed by atoms with E-state index in [0.29, 0.717) is 0 Å². The molecule has 30 heavy (non-hydrogen) atoms. The fourth-order valence-corrected chi connectivity index (χ4v) is 3.81. The number of fused-ring (bicyclic) bond motifs is 3. The Hall–Kier alpha value is -2.89. The highest BCUT2D eigenvalue weighted by Gasteiger charge is 2.07. The van der Waals surface area contributed by atoms with Crippen LogP contribution in [0.4, 0.5) is 8.78 Å². The summed E-state index contributed by atoms with van der Waals surface area (Å²) >= 11 is 5.52. The number of benzene rings is 4. The summed E-state index contributed by atoms with van der Waals surface area (Å²) in [6.45, 7) is 2.22. The van der Waals surface area contributed by atoms with Crippen molar-refractivity contribution in [3.63, 3.8) is 0 Å². The van der Waals surface area contributed by atoms with Gasteiger partial charge in [-0.1, -0.05) is 79.6 Å². The molecule has 0 unspecified atom stereocenters. The van der Waals surface area contributed by atoms with Crippen molar-refractivity contribution < 1.29 is 8.78 Å². The quantitative estimate of drug-likeness (QED) is 0.136. The Labute approximate surface area is 180 Å². The van der Waals surface area contributed by atoms with Crippen molar-refractivity contribution in [1.82, 2.24) is 0 Å². The lowest BCUT2D eigenvalue weighted by Gasteiger charge is -2.07. The van der Waals surface area contributed by atoms with Gasteiger partial charge >= 0.3 is 0 Å². The Kier molecular flexibility index (Phi) is 6.02. The van der Waals surface area contributed by atoms with E-state index in [-0.39, 0.29) is 5.56 Å². The molecule has 0 atom stereocenters. The molecule has 0 fully saturated rings. The zero-order chi connectivity index (χ0) is 21.1. The third-order valence-corrected chi connectivity index (χ3v) is 5.67. The molecule has 0 aliphatic heterocycles. The molecule has 0 spiro atoms. The molecule has 0 nitrogen and oxygen atoms in total. The SMILES string of the molecule is CCCCCc1ccc2c(ccc3cc(C#Cc4cc(F)c(Cl)c(F)c4)ccc32)c1. The summed E-state index contributed by atoms with van der Waals surface area (Å²) in [4.78, 5) is 0. The van der Waals surface area contributed by atoms with Gasteiger partial charge in [-0.15, -0.1) is 0 Å². The van der Waals surface area contributed by atoms with Gasteiger partial charge in [0, 0.05) is 11.1 Å². The molecule has 0 aromatic heterocycles. The second-order valence-electron chi connectivity index (χ2n) is 7.52. The van der Waals surface area contributed by atoms with Crippen LogP contribution in [0, 0.1) is 23.5 Å². The summed E-state index contributed by atoms with van der Waals surface area (Å²) < 4.78 is 27.2. The Balaban J connectivity index is 1.65. The van der Waals surface area contributed by atoms with Crippen molar-refractivity contribution in [3.05, 3.63) is 94.0 Å². The van der Waals surface area contributed by atoms with Gasteiger partial charge in [-0.05, 0) is 64.2 Å². The number of hydrogen-bond donors (Lipinski definition) is 0. The standard InChI is InChI=1S/C27H21ClF2/c1-2-3-4-5-18-8-12-23-21(14-18)10-11-22-15-19(9-13-24(22)23)6-7-20-16-25(29)27(28)26(30)17-20/h8-17H,2-5H2,1H3. The van der Waals surface area contributed by atoms with E-state index in [9.17, 15) is 8.78 Å². The molecular weight excluding hydrogens is 398 g/mol. The van der Waals surface area contributed by atoms with E-state index in [0.717, 1.165) is 29.5 Å². The summed E-state index contributed by atoms with van der Waals surface area (Å²) in [6.07, 6.45) is 4.82. The molecule has 4 aromatic rings. The number of aryl methyl sites for hydroxylation is 1. The van der Waals surface area contributed by atoms with Crippen LogP contribution in [0.5, 0.6) is 0 Å². The molecular formula is C27H21ClF2. The lowest BCUT2D eigenvalue weighted by Crippen LogP contribution is -1.87. The van der Waals surface area contributed by atoms with Gasteiger partial charge in [-0.2, -0.15) is 0 Å². The molecule has 0 bridgehead atoms. The van der Waals surface area contributed by atoms with Gasteiger partial charge < -0.3 is 0 Å². The van der Waals surface area contributed by atoms with E-state index in [1.54, 1.807) is 0 Å². The number of rotatable bonds is 4. The third-order valence-electron chi connectivity index (χ3n) is 5.30. The summed E-state index contributed by atoms with van der Waals surface area (Å²) in [6, 6.07) is 19.2. The molecule has 0 amide bonds. The minimum Gasteiger partial charge on any atom is -0.205 e. The van der Waals surface area contributed by atoms with Crippen molar-refractivity contribution in [1.29, 1.82) is 0 Å². The molecule has 0 heterocycles. The van der Waals surface area contributed by atoms with Crippen LogP contribution in [0.1, 0.15) is 42.9 Å². The van der Waals surface area contributed by atoms with Crippen LogP contribution in [-0.2, 0) is 6.42 Å². The van der Waals surface area contributed by atoms with Crippen LogP contribution in [0.15, 0.2) is 60.7 Å². The molecule has 0 N–H and O–H groups in total. The maximum absolute atomic E-state index is 13.6. The molecule has 0 aliphatic carbocycles. The zero-order valence-electron chi connectivity index (χ0n) is 16.7. The summed E-state index contributed by atoms with van der Waals surface area (Å²) in [5, 5.41) is 4.20. The summed E-state index contributed by atoms with van der Waals surface area (Å²) in [7, 11) is 0. The first-order chi connectivity index (χ1) is 14.5. The Morgan fingerprint density at radius 3 is 2.07 bits per heavy atom. The summed E-state index contributed by atoms with van der Waals surface area (Å²) in [5.41, 5.74) is 2.41. The summed E-state index contributed by atoms with van der Waals surface area (Å²) in [5.74, 6) is 4.19. The molecule has 4 rings (SSSR count). The van der Waals surface area contributed by atoms with Crippen molar-refractivity contribution in [2.75, 3.05) is 0 Å².